The van der Waals surface area contributed by atoms with E-state index in [1.54, 1.807) is 12.1 Å². The van der Waals surface area contributed by atoms with Crippen LogP contribution in [0, 0.1) is 0 Å². The van der Waals surface area contributed by atoms with Crippen molar-refractivity contribution < 1.29 is 74.7 Å². The van der Waals surface area contributed by atoms with Gasteiger partial charge in [0.2, 0.25) is 0 Å². The first kappa shape index (κ1) is 35.9. The molecule has 11 rings (SSSR count). The van der Waals surface area contributed by atoms with Crippen molar-refractivity contribution in [3.05, 3.63) is 142 Å². The van der Waals surface area contributed by atoms with E-state index in [9.17, 15) is 51.1 Å². The van der Waals surface area contributed by atoms with E-state index >= 15 is 0 Å². The maximum Gasteiger partial charge on any atom is 0.305 e. The first-order valence-electron chi connectivity index (χ1n) is 19.0. The fraction of sp³-hybridized carbons (Fsp3) is 0.200. The van der Waals surface area contributed by atoms with Gasteiger partial charge in [0.05, 0.1) is 17.9 Å². The van der Waals surface area contributed by atoms with Crippen LogP contribution in [0.15, 0.2) is 97.1 Å². The Kier molecular flexibility index (Phi) is 7.29. The van der Waals surface area contributed by atoms with E-state index in [1.165, 1.54) is 78.9 Å². The van der Waals surface area contributed by atoms with Gasteiger partial charge in [0, 0.05) is 69.6 Å². The molecule has 304 valence electrons. The Bertz CT molecular complexity index is 2770. The second kappa shape index (κ2) is 12.2. The molecule has 15 nitrogen and oxygen atoms in total. The molecule has 0 amide bonds. The largest absolute Gasteiger partial charge is 0.508 e. The third kappa shape index (κ3) is 4.75. The average molecular weight is 815 g/mol. The molecule has 8 atom stereocenters. The topological polar surface area (TPSA) is 248 Å². The van der Waals surface area contributed by atoms with Crippen LogP contribution >= 0.6 is 0 Å². The van der Waals surface area contributed by atoms with E-state index < -0.39 is 59.3 Å². The molecule has 15 heteroatoms. The zero-order valence-electron chi connectivity index (χ0n) is 30.9. The van der Waals surface area contributed by atoms with Crippen molar-refractivity contribution in [2.24, 2.45) is 0 Å². The summed E-state index contributed by atoms with van der Waals surface area (Å²) in [7, 11) is 0. The fourth-order valence-electron chi connectivity index (χ4n) is 9.54. The van der Waals surface area contributed by atoms with Crippen LogP contribution < -0.4 is 23.7 Å². The summed E-state index contributed by atoms with van der Waals surface area (Å²) in [6.07, 6.45) is -5.66. The Hall–Kier alpha value is -7.20. The van der Waals surface area contributed by atoms with Gasteiger partial charge in [0.1, 0.15) is 87.3 Å². The summed E-state index contributed by atoms with van der Waals surface area (Å²) in [5, 5.41) is 113. The van der Waals surface area contributed by atoms with Crippen molar-refractivity contribution in [1.82, 2.24) is 0 Å². The van der Waals surface area contributed by atoms with Crippen LogP contribution in [-0.2, 0) is 18.0 Å². The molecule has 6 aromatic rings. The lowest BCUT2D eigenvalue weighted by atomic mass is 9.70. The minimum absolute atomic E-state index is 0.00830. The number of aliphatic hydroxyl groups excluding tert-OH is 3. The molecule has 0 unspecified atom stereocenters. The monoisotopic (exact) mass is 814 g/mol. The highest BCUT2D eigenvalue weighted by molar-refractivity contribution is 5.72. The molecule has 0 aromatic heterocycles. The molecule has 0 radical (unpaired) electrons. The second-order valence-electron chi connectivity index (χ2n) is 15.6. The van der Waals surface area contributed by atoms with Gasteiger partial charge >= 0.3 is 11.6 Å². The highest BCUT2D eigenvalue weighted by Crippen LogP contribution is 2.66. The third-order valence-electron chi connectivity index (χ3n) is 12.2. The van der Waals surface area contributed by atoms with Crippen molar-refractivity contribution in [2.75, 3.05) is 0 Å². The summed E-state index contributed by atoms with van der Waals surface area (Å²) in [6, 6.07) is 22.4. The normalized spacial score (nSPS) is 27.4. The van der Waals surface area contributed by atoms with Crippen LogP contribution in [0.1, 0.15) is 62.4 Å². The molecule has 0 spiro atoms. The molecule has 10 N–H and O–H groups in total. The quantitative estimate of drug-likeness (QED) is 0.114. The van der Waals surface area contributed by atoms with Gasteiger partial charge < -0.3 is 74.7 Å². The zero-order chi connectivity index (χ0) is 41.6. The van der Waals surface area contributed by atoms with Gasteiger partial charge in [-0.1, -0.05) is 12.1 Å². The van der Waals surface area contributed by atoms with Gasteiger partial charge in [-0.25, -0.2) is 0 Å². The van der Waals surface area contributed by atoms with Crippen molar-refractivity contribution in [2.45, 2.75) is 54.2 Å². The van der Waals surface area contributed by atoms with Gasteiger partial charge in [0.25, 0.3) is 0 Å². The van der Waals surface area contributed by atoms with Crippen LogP contribution in [-0.4, -0.2) is 69.4 Å². The first-order valence-corrected chi connectivity index (χ1v) is 19.0. The molecule has 5 aliphatic rings. The summed E-state index contributed by atoms with van der Waals surface area (Å²) in [5.74, 6) is -8.75. The van der Waals surface area contributed by atoms with E-state index in [0.29, 0.717) is 5.56 Å². The van der Waals surface area contributed by atoms with Crippen LogP contribution in [0.2, 0.25) is 0 Å². The van der Waals surface area contributed by atoms with E-state index in [0.717, 1.165) is 6.07 Å². The number of phenols is 7. The number of aromatic hydroxyl groups is 7. The van der Waals surface area contributed by atoms with Crippen LogP contribution in [0.25, 0.3) is 0 Å². The minimum Gasteiger partial charge on any atom is -0.508 e. The lowest BCUT2D eigenvalue weighted by Gasteiger charge is -2.52. The van der Waals surface area contributed by atoms with Gasteiger partial charge in [-0.2, -0.15) is 0 Å². The van der Waals surface area contributed by atoms with Crippen LogP contribution in [0.5, 0.6) is 69.0 Å². The predicted molar refractivity (Wildman–Crippen MR) is 205 cm³/mol. The SMILES string of the molecule is Oc1ccc([C@@H]2Oc3c(c(O)cc4c3[C@@H]3c5c(cc6c(c5O)[C@H]5c7c(O)cc(O)cc7O[C@@](c7ccc(O)cc7)(O6)[C@@H]5O)O[C@](c5ccc(O)cc5)(O4)[C@H]3O)C[C@@H]2O)cc1. The summed E-state index contributed by atoms with van der Waals surface area (Å²) in [5.41, 5.74) is 1.29. The van der Waals surface area contributed by atoms with Crippen LogP contribution in [0.3, 0.4) is 0 Å². The van der Waals surface area contributed by atoms with E-state index in [4.69, 9.17) is 23.7 Å². The highest BCUT2D eigenvalue weighted by Gasteiger charge is 2.63. The number of hydrogen-bond acceptors (Lipinski definition) is 15. The number of hydrogen-bond donors (Lipinski definition) is 10. The molecule has 60 heavy (non-hydrogen) atoms. The Balaban J connectivity index is 1.17. The van der Waals surface area contributed by atoms with E-state index in [2.05, 4.69) is 0 Å². The molecule has 6 aromatic carbocycles. The molecular formula is C45H34O15. The fourth-order valence-corrected chi connectivity index (χ4v) is 9.54. The zero-order valence-corrected chi connectivity index (χ0v) is 30.9. The summed E-state index contributed by atoms with van der Waals surface area (Å²) in [6.45, 7) is 0. The number of rotatable bonds is 3. The highest BCUT2D eigenvalue weighted by atomic mass is 16.7. The molecular weight excluding hydrogens is 780 g/mol. The molecule has 0 saturated carbocycles. The molecule has 5 heterocycles. The first-order chi connectivity index (χ1) is 28.8. The Morgan fingerprint density at radius 2 is 0.933 bits per heavy atom. The Labute approximate surface area is 338 Å². The molecule has 0 saturated heterocycles. The van der Waals surface area contributed by atoms with Crippen molar-refractivity contribution in [3.8, 4) is 69.0 Å². The summed E-state index contributed by atoms with van der Waals surface area (Å²) in [4.78, 5) is 0. The van der Waals surface area contributed by atoms with E-state index in [-0.39, 0.29) is 103 Å². The van der Waals surface area contributed by atoms with Crippen molar-refractivity contribution in [3.63, 3.8) is 0 Å². The molecule has 0 fully saturated rings. The predicted octanol–water partition coefficient (Wildman–Crippen LogP) is 4.92. The van der Waals surface area contributed by atoms with E-state index in [1.807, 2.05) is 0 Å². The maximum atomic E-state index is 12.8. The Morgan fingerprint density at radius 1 is 0.467 bits per heavy atom. The third-order valence-corrected chi connectivity index (χ3v) is 12.2. The van der Waals surface area contributed by atoms with Gasteiger partial charge in [-0.15, -0.1) is 0 Å². The number of aliphatic hydroxyl groups is 3. The van der Waals surface area contributed by atoms with Crippen molar-refractivity contribution >= 4 is 0 Å². The smallest absolute Gasteiger partial charge is 0.305 e. The standard InChI is InChI=1S/C45H34O15/c46-21-7-1-18(2-8-21)40-28(52)15-25-26(50)16-30-36(41(25)56-40)38-35-32(60-45(58-30,43(38)55)20-5-11-23(48)12-6-20)17-31-34(39(35)53)37-33-27(51)13-24(49)14-29(33)57-44(59-31,42(37)54)19-3-9-22(47)10-4-19/h1-14,16-17,28,37-38,40,42-43,46-55H,15H2/t28-,37+,38-,40-,42+,43-,44-,45-/m0/s1. The average Bonchev–Trinajstić information content (AvgIpc) is 3.20. The summed E-state index contributed by atoms with van der Waals surface area (Å²) < 4.78 is 32.7. The number of ether oxygens (including phenoxy) is 5. The number of phenolic OH excluding ortho intramolecular Hbond substituents is 7. The summed E-state index contributed by atoms with van der Waals surface area (Å²) >= 11 is 0. The van der Waals surface area contributed by atoms with Crippen molar-refractivity contribution in [1.29, 1.82) is 0 Å². The lowest BCUT2D eigenvalue weighted by molar-refractivity contribution is -0.223. The minimum atomic E-state index is -2.10. The van der Waals surface area contributed by atoms with Gasteiger partial charge in [-0.3, -0.25) is 0 Å². The van der Waals surface area contributed by atoms with Gasteiger partial charge in [0.15, 0.2) is 0 Å². The maximum absolute atomic E-state index is 12.8. The molecule has 5 aliphatic heterocycles. The molecule has 4 bridgehead atoms. The number of benzene rings is 6. The van der Waals surface area contributed by atoms with Gasteiger partial charge in [-0.05, 0) is 66.2 Å². The molecule has 0 aliphatic carbocycles. The number of fused-ring (bicyclic) bond motifs is 14. The second-order valence-corrected chi connectivity index (χ2v) is 15.6. The Morgan fingerprint density at radius 3 is 1.47 bits per heavy atom. The lowest BCUT2D eigenvalue weighted by Crippen LogP contribution is -2.59. The van der Waals surface area contributed by atoms with Crippen LogP contribution in [0.4, 0.5) is 0 Å².